The van der Waals surface area contributed by atoms with E-state index < -0.39 is 11.5 Å². The third-order valence-corrected chi connectivity index (χ3v) is 7.22. The number of carbonyl (C=O) groups is 2. The van der Waals surface area contributed by atoms with Crippen molar-refractivity contribution in [2.24, 2.45) is 5.92 Å². The Bertz CT molecular complexity index is 1460. The SMILES string of the molecule is Cc1c(Nc2cc[nH]c(=O)c2C(=O)Nc2ccc(N3CCN(C(=O)C(C)C)CC3)cc2)cnc2c1NCC(C)O2. The minimum atomic E-state index is -0.531. The number of ether oxygens (including phenoxy) is 1. The van der Waals surface area contributed by atoms with E-state index >= 15 is 0 Å². The van der Waals surface area contributed by atoms with Crippen molar-refractivity contribution in [3.63, 3.8) is 0 Å². The summed E-state index contributed by atoms with van der Waals surface area (Å²) in [6.07, 6.45) is 3.14. The first-order valence-corrected chi connectivity index (χ1v) is 13.5. The Morgan fingerprint density at radius 2 is 1.80 bits per heavy atom. The third kappa shape index (κ3) is 5.58. The molecule has 1 atom stereocenters. The summed E-state index contributed by atoms with van der Waals surface area (Å²) in [6.45, 7) is 11.2. The molecule has 2 amide bonds. The summed E-state index contributed by atoms with van der Waals surface area (Å²) in [6, 6.07) is 9.14. The van der Waals surface area contributed by atoms with Gasteiger partial charge in [0.15, 0.2) is 0 Å². The maximum atomic E-state index is 13.3. The number of benzene rings is 1. The lowest BCUT2D eigenvalue weighted by atomic mass is 10.1. The Balaban J connectivity index is 1.28. The number of H-pyrrole nitrogens is 1. The first-order chi connectivity index (χ1) is 19.2. The quantitative estimate of drug-likeness (QED) is 0.370. The average molecular weight is 546 g/mol. The second-order valence-electron chi connectivity index (χ2n) is 10.5. The molecule has 210 valence electrons. The van der Waals surface area contributed by atoms with E-state index in [1.54, 1.807) is 12.3 Å². The Hall–Kier alpha value is -4.54. The number of piperazine rings is 1. The largest absolute Gasteiger partial charge is 0.471 e. The van der Waals surface area contributed by atoms with Crippen molar-refractivity contribution < 1.29 is 14.3 Å². The molecular formula is C29H35N7O4. The molecule has 0 saturated carbocycles. The second kappa shape index (κ2) is 11.3. The van der Waals surface area contributed by atoms with Crippen molar-refractivity contribution in [1.82, 2.24) is 14.9 Å². The van der Waals surface area contributed by atoms with Crippen molar-refractivity contribution >= 4 is 40.3 Å². The van der Waals surface area contributed by atoms with Crippen LogP contribution >= 0.6 is 0 Å². The van der Waals surface area contributed by atoms with Gasteiger partial charge in [-0.15, -0.1) is 0 Å². The van der Waals surface area contributed by atoms with Gasteiger partial charge < -0.3 is 35.5 Å². The molecule has 0 aliphatic carbocycles. The van der Waals surface area contributed by atoms with E-state index in [0.29, 0.717) is 42.6 Å². The summed E-state index contributed by atoms with van der Waals surface area (Å²) in [4.78, 5) is 49.4. The molecule has 2 aliphatic heterocycles. The molecule has 0 bridgehead atoms. The summed E-state index contributed by atoms with van der Waals surface area (Å²) >= 11 is 0. The predicted octanol–water partition coefficient (Wildman–Crippen LogP) is 3.57. The molecule has 5 rings (SSSR count). The van der Waals surface area contributed by atoms with Gasteiger partial charge in [-0.1, -0.05) is 13.8 Å². The molecule has 40 heavy (non-hydrogen) atoms. The monoisotopic (exact) mass is 545 g/mol. The predicted molar refractivity (Wildman–Crippen MR) is 156 cm³/mol. The molecule has 4 heterocycles. The van der Waals surface area contributed by atoms with E-state index in [4.69, 9.17) is 4.74 Å². The van der Waals surface area contributed by atoms with Crippen molar-refractivity contribution in [1.29, 1.82) is 0 Å². The molecule has 2 aromatic heterocycles. The maximum absolute atomic E-state index is 13.3. The fraction of sp³-hybridized carbons (Fsp3) is 0.379. The molecule has 11 heteroatoms. The lowest BCUT2D eigenvalue weighted by Crippen LogP contribution is -2.49. The third-order valence-electron chi connectivity index (χ3n) is 7.22. The molecule has 1 aromatic carbocycles. The second-order valence-corrected chi connectivity index (χ2v) is 10.5. The molecule has 3 aromatic rings. The number of carbonyl (C=O) groups excluding carboxylic acids is 2. The minimum Gasteiger partial charge on any atom is -0.471 e. The Kier molecular flexibility index (Phi) is 7.63. The topological polar surface area (TPSA) is 132 Å². The van der Waals surface area contributed by atoms with E-state index in [1.807, 2.05) is 56.9 Å². The Morgan fingerprint density at radius 1 is 1.07 bits per heavy atom. The van der Waals surface area contributed by atoms with Gasteiger partial charge in [0.2, 0.25) is 11.8 Å². The first kappa shape index (κ1) is 27.0. The van der Waals surface area contributed by atoms with Gasteiger partial charge in [0.05, 0.1) is 24.1 Å². The molecule has 2 aliphatic rings. The van der Waals surface area contributed by atoms with E-state index in [2.05, 4.69) is 30.8 Å². The van der Waals surface area contributed by atoms with Crippen LogP contribution in [0.3, 0.4) is 0 Å². The number of anilines is 5. The highest BCUT2D eigenvalue weighted by Crippen LogP contribution is 2.35. The lowest BCUT2D eigenvalue weighted by molar-refractivity contribution is -0.134. The van der Waals surface area contributed by atoms with Crippen LogP contribution in [0.5, 0.6) is 5.88 Å². The number of amides is 2. The highest BCUT2D eigenvalue weighted by atomic mass is 16.5. The molecular weight excluding hydrogens is 510 g/mol. The summed E-state index contributed by atoms with van der Waals surface area (Å²) in [5.41, 5.74) is 3.71. The Morgan fingerprint density at radius 3 is 2.50 bits per heavy atom. The van der Waals surface area contributed by atoms with Crippen molar-refractivity contribution in [2.45, 2.75) is 33.8 Å². The van der Waals surface area contributed by atoms with Gasteiger partial charge in [0.1, 0.15) is 17.4 Å². The summed E-state index contributed by atoms with van der Waals surface area (Å²) in [5.74, 6) is 0.175. The number of hydrogen-bond donors (Lipinski definition) is 4. The summed E-state index contributed by atoms with van der Waals surface area (Å²) < 4.78 is 5.80. The number of nitrogens with zero attached hydrogens (tertiary/aromatic N) is 3. The highest BCUT2D eigenvalue weighted by molar-refractivity contribution is 6.08. The lowest BCUT2D eigenvalue weighted by Gasteiger charge is -2.37. The van der Waals surface area contributed by atoms with Crippen LogP contribution in [0.2, 0.25) is 0 Å². The van der Waals surface area contributed by atoms with Crippen LogP contribution in [-0.4, -0.2) is 65.5 Å². The molecule has 1 fully saturated rings. The number of aromatic amines is 1. The van der Waals surface area contributed by atoms with E-state index in [-0.39, 0.29) is 23.5 Å². The van der Waals surface area contributed by atoms with E-state index in [0.717, 1.165) is 30.0 Å². The van der Waals surface area contributed by atoms with Gasteiger partial charge in [0, 0.05) is 55.2 Å². The zero-order chi connectivity index (χ0) is 28.4. The van der Waals surface area contributed by atoms with Crippen LogP contribution in [0.1, 0.15) is 36.7 Å². The number of fused-ring (bicyclic) bond motifs is 1. The normalized spacial score (nSPS) is 16.6. The zero-order valence-corrected chi connectivity index (χ0v) is 23.2. The van der Waals surface area contributed by atoms with Crippen LogP contribution in [0.4, 0.5) is 28.4 Å². The smallest absolute Gasteiger partial charge is 0.263 e. The average Bonchev–Trinajstić information content (AvgIpc) is 2.94. The fourth-order valence-corrected chi connectivity index (χ4v) is 4.93. The van der Waals surface area contributed by atoms with E-state index in [9.17, 15) is 14.4 Å². The van der Waals surface area contributed by atoms with E-state index in [1.165, 1.54) is 6.20 Å². The van der Waals surface area contributed by atoms with Gasteiger partial charge in [-0.25, -0.2) is 4.98 Å². The summed E-state index contributed by atoms with van der Waals surface area (Å²) in [7, 11) is 0. The van der Waals surface area contributed by atoms with Gasteiger partial charge in [-0.2, -0.15) is 0 Å². The van der Waals surface area contributed by atoms with Gasteiger partial charge in [0.25, 0.3) is 11.5 Å². The van der Waals surface area contributed by atoms with Crippen LogP contribution in [0, 0.1) is 12.8 Å². The van der Waals surface area contributed by atoms with Gasteiger partial charge in [-0.05, 0) is 44.2 Å². The van der Waals surface area contributed by atoms with Gasteiger partial charge in [-0.3, -0.25) is 14.4 Å². The number of pyridine rings is 2. The van der Waals surface area contributed by atoms with Crippen LogP contribution in [-0.2, 0) is 4.79 Å². The molecule has 0 radical (unpaired) electrons. The number of nitrogens with one attached hydrogen (secondary N) is 4. The van der Waals surface area contributed by atoms with Crippen molar-refractivity contribution in [2.75, 3.05) is 53.6 Å². The first-order valence-electron chi connectivity index (χ1n) is 13.5. The van der Waals surface area contributed by atoms with Crippen LogP contribution < -0.4 is 31.1 Å². The Labute approximate surface area is 232 Å². The molecule has 11 nitrogen and oxygen atoms in total. The van der Waals surface area contributed by atoms with Crippen LogP contribution in [0.25, 0.3) is 0 Å². The van der Waals surface area contributed by atoms with Crippen LogP contribution in [0.15, 0.2) is 47.5 Å². The summed E-state index contributed by atoms with van der Waals surface area (Å²) in [5, 5.41) is 9.38. The maximum Gasteiger partial charge on any atom is 0.263 e. The fourth-order valence-electron chi connectivity index (χ4n) is 4.93. The number of aromatic nitrogens is 2. The minimum absolute atomic E-state index is 0.00349. The molecule has 4 N–H and O–H groups in total. The molecule has 1 unspecified atom stereocenters. The van der Waals surface area contributed by atoms with Crippen molar-refractivity contribution in [3.05, 3.63) is 64.2 Å². The van der Waals surface area contributed by atoms with Crippen molar-refractivity contribution in [3.8, 4) is 5.88 Å². The zero-order valence-electron chi connectivity index (χ0n) is 23.2. The highest BCUT2D eigenvalue weighted by Gasteiger charge is 2.24. The molecule has 1 saturated heterocycles. The number of hydrogen-bond acceptors (Lipinski definition) is 8. The standard InChI is InChI=1S/C29H35N7O4/c1-17(2)29(39)36-13-11-35(12-14-36)21-7-5-20(6-8-21)33-27(38)24-22(9-10-30-26(24)37)34-23-16-32-28-25(19(23)4)31-15-18(3)40-28/h5-10,16-18,31H,11-15H2,1-4H3,(H,33,38)(H2,30,34,37). The molecule has 0 spiro atoms. The van der Waals surface area contributed by atoms with Gasteiger partial charge >= 0.3 is 0 Å². The number of rotatable bonds is 6.